The third-order valence-electron chi connectivity index (χ3n) is 5.78. The lowest BCUT2D eigenvalue weighted by Crippen LogP contribution is -2.34. The molecule has 0 radical (unpaired) electrons. The van der Waals surface area contributed by atoms with Gasteiger partial charge in [-0.25, -0.2) is 9.13 Å². The summed E-state index contributed by atoms with van der Waals surface area (Å²) in [6.07, 6.45) is 9.28. The molecule has 0 bridgehead atoms. The SMILES string of the molecule is CC(C)(C)c1cc(C[n+]2ccc(-c3cc[n+](CCCO)cc3)cc2)cc(C(C)(C)C)c1. The Labute approximate surface area is 188 Å². The molecule has 31 heavy (non-hydrogen) atoms. The second kappa shape index (κ2) is 9.32. The normalized spacial score (nSPS) is 12.2. The number of hydrogen-bond acceptors (Lipinski definition) is 1. The average Bonchev–Trinajstić information content (AvgIpc) is 2.72. The summed E-state index contributed by atoms with van der Waals surface area (Å²) in [5.41, 5.74) is 6.82. The fourth-order valence-corrected chi connectivity index (χ4v) is 3.67. The second-order valence-electron chi connectivity index (χ2n) is 10.6. The van der Waals surface area contributed by atoms with Crippen molar-refractivity contribution in [3.8, 4) is 11.1 Å². The third-order valence-corrected chi connectivity index (χ3v) is 5.78. The van der Waals surface area contributed by atoms with Crippen LogP contribution >= 0.6 is 0 Å². The Morgan fingerprint density at radius 2 is 1.13 bits per heavy atom. The van der Waals surface area contributed by atoms with Crippen molar-refractivity contribution in [1.29, 1.82) is 0 Å². The number of benzene rings is 1. The Morgan fingerprint density at radius 3 is 1.55 bits per heavy atom. The minimum atomic E-state index is 0.131. The molecule has 1 N–H and O–H groups in total. The lowest BCUT2D eigenvalue weighted by Gasteiger charge is -2.25. The van der Waals surface area contributed by atoms with Gasteiger partial charge in [-0.15, -0.1) is 0 Å². The number of pyridine rings is 2. The maximum atomic E-state index is 8.99. The molecule has 0 spiro atoms. The molecule has 3 aromatic rings. The Balaban J connectivity index is 1.81. The molecule has 0 atom stereocenters. The maximum absolute atomic E-state index is 8.99. The number of aryl methyl sites for hydroxylation is 1. The zero-order valence-corrected chi connectivity index (χ0v) is 20.0. The van der Waals surface area contributed by atoms with E-state index in [1.54, 1.807) is 0 Å². The van der Waals surface area contributed by atoms with Crippen molar-refractivity contribution in [2.24, 2.45) is 0 Å². The van der Waals surface area contributed by atoms with Crippen LogP contribution in [0.5, 0.6) is 0 Å². The molecule has 0 saturated carbocycles. The predicted octanol–water partition coefficient (Wildman–Crippen LogP) is 4.95. The molecule has 0 amide bonds. The van der Waals surface area contributed by atoms with E-state index in [0.717, 1.165) is 19.5 Å². The first-order valence-corrected chi connectivity index (χ1v) is 11.3. The topological polar surface area (TPSA) is 28.0 Å². The van der Waals surface area contributed by atoms with Crippen LogP contribution in [0.1, 0.15) is 64.7 Å². The molecule has 0 aliphatic rings. The Morgan fingerprint density at radius 1 is 0.677 bits per heavy atom. The van der Waals surface area contributed by atoms with Gasteiger partial charge in [-0.05, 0) is 45.2 Å². The molecule has 0 unspecified atom stereocenters. The fourth-order valence-electron chi connectivity index (χ4n) is 3.67. The number of hydrogen-bond donors (Lipinski definition) is 1. The monoisotopic (exact) mass is 418 g/mol. The van der Waals surface area contributed by atoms with E-state index in [2.05, 4.69) is 118 Å². The molecule has 2 heterocycles. The highest BCUT2D eigenvalue weighted by molar-refractivity contribution is 5.60. The smallest absolute Gasteiger partial charge is 0.173 e. The van der Waals surface area contributed by atoms with E-state index in [4.69, 9.17) is 5.11 Å². The van der Waals surface area contributed by atoms with Gasteiger partial charge in [-0.2, -0.15) is 0 Å². The van der Waals surface area contributed by atoms with Crippen LogP contribution in [0.15, 0.2) is 67.3 Å². The summed E-state index contributed by atoms with van der Waals surface area (Å²) in [6, 6.07) is 15.7. The predicted molar refractivity (Wildman–Crippen MR) is 127 cm³/mol. The van der Waals surface area contributed by atoms with Crippen molar-refractivity contribution in [2.45, 2.75) is 71.9 Å². The van der Waals surface area contributed by atoms with E-state index in [0.29, 0.717) is 0 Å². The largest absolute Gasteiger partial charge is 0.396 e. The van der Waals surface area contributed by atoms with Crippen LogP contribution in [0.4, 0.5) is 0 Å². The number of nitrogens with zero attached hydrogens (tertiary/aromatic N) is 2. The number of aliphatic hydroxyl groups excluding tert-OH is 1. The summed E-state index contributed by atoms with van der Waals surface area (Å²) >= 11 is 0. The molecule has 3 nitrogen and oxygen atoms in total. The molecule has 0 fully saturated rings. The molecule has 0 aliphatic carbocycles. The zero-order valence-electron chi connectivity index (χ0n) is 20.0. The van der Waals surface area contributed by atoms with Crippen LogP contribution in [-0.2, 0) is 23.9 Å². The highest BCUT2D eigenvalue weighted by Crippen LogP contribution is 2.30. The maximum Gasteiger partial charge on any atom is 0.173 e. The summed E-state index contributed by atoms with van der Waals surface area (Å²) in [5, 5.41) is 8.99. The standard InChI is InChI=1S/C28H38N2O/c1-27(2,3)25-18-22(19-26(20-25)28(4,5)6)21-30-15-10-24(11-16-30)23-8-13-29(14-9-23)12-7-17-31/h8-11,13-16,18-20,31H,7,12,17,21H2,1-6H3/q+2. The van der Waals surface area contributed by atoms with Gasteiger partial charge in [0.05, 0.1) is 0 Å². The lowest BCUT2D eigenvalue weighted by atomic mass is 9.79. The van der Waals surface area contributed by atoms with Crippen molar-refractivity contribution in [3.63, 3.8) is 0 Å². The zero-order chi connectivity index (χ0) is 22.6. The third kappa shape index (κ3) is 6.24. The van der Waals surface area contributed by atoms with Gasteiger partial charge in [0, 0.05) is 42.9 Å². The van der Waals surface area contributed by atoms with Crippen molar-refractivity contribution in [1.82, 2.24) is 0 Å². The minimum Gasteiger partial charge on any atom is -0.396 e. The van der Waals surface area contributed by atoms with Gasteiger partial charge in [0.25, 0.3) is 0 Å². The van der Waals surface area contributed by atoms with Gasteiger partial charge in [-0.3, -0.25) is 0 Å². The van der Waals surface area contributed by atoms with Crippen molar-refractivity contribution < 1.29 is 14.2 Å². The number of rotatable bonds is 6. The first-order chi connectivity index (χ1) is 14.6. The van der Waals surface area contributed by atoms with Gasteiger partial charge >= 0.3 is 0 Å². The minimum absolute atomic E-state index is 0.131. The summed E-state index contributed by atoms with van der Waals surface area (Å²) in [4.78, 5) is 0. The van der Waals surface area contributed by atoms with Crippen LogP contribution in [0.25, 0.3) is 11.1 Å². The first kappa shape index (κ1) is 23.1. The average molecular weight is 419 g/mol. The van der Waals surface area contributed by atoms with E-state index in [9.17, 15) is 0 Å². The van der Waals surface area contributed by atoms with E-state index in [1.807, 2.05) is 0 Å². The Hall–Kier alpha value is -2.52. The van der Waals surface area contributed by atoms with Gasteiger partial charge in [0.15, 0.2) is 37.9 Å². The van der Waals surface area contributed by atoms with Crippen molar-refractivity contribution >= 4 is 0 Å². The second-order valence-corrected chi connectivity index (χ2v) is 10.6. The van der Waals surface area contributed by atoms with Crippen LogP contribution in [0.3, 0.4) is 0 Å². The van der Waals surface area contributed by atoms with Gasteiger partial charge in [-0.1, -0.05) is 47.6 Å². The summed E-state index contributed by atoms with van der Waals surface area (Å²) < 4.78 is 4.36. The molecule has 3 rings (SSSR count). The summed E-state index contributed by atoms with van der Waals surface area (Å²) in [6.45, 7) is 15.6. The molecule has 0 aliphatic heterocycles. The molecule has 1 aromatic carbocycles. The highest BCUT2D eigenvalue weighted by atomic mass is 16.3. The summed E-state index contributed by atoms with van der Waals surface area (Å²) in [7, 11) is 0. The first-order valence-electron chi connectivity index (χ1n) is 11.3. The quantitative estimate of drug-likeness (QED) is 0.563. The molecule has 3 heteroatoms. The van der Waals surface area contributed by atoms with Crippen molar-refractivity contribution in [3.05, 3.63) is 83.9 Å². The molecular formula is C28H38N2O+2. The van der Waals surface area contributed by atoms with Crippen LogP contribution in [-0.4, -0.2) is 11.7 Å². The highest BCUT2D eigenvalue weighted by Gasteiger charge is 2.21. The Kier molecular flexibility index (Phi) is 6.96. The van der Waals surface area contributed by atoms with Crippen LogP contribution in [0, 0.1) is 0 Å². The van der Waals surface area contributed by atoms with E-state index < -0.39 is 0 Å². The van der Waals surface area contributed by atoms with Crippen LogP contribution in [0.2, 0.25) is 0 Å². The Bertz CT molecular complexity index is 959. The van der Waals surface area contributed by atoms with Crippen LogP contribution < -0.4 is 9.13 Å². The molecular weight excluding hydrogens is 380 g/mol. The van der Waals surface area contributed by atoms with Crippen molar-refractivity contribution in [2.75, 3.05) is 6.61 Å². The van der Waals surface area contributed by atoms with E-state index in [-0.39, 0.29) is 17.4 Å². The van der Waals surface area contributed by atoms with Gasteiger partial charge < -0.3 is 5.11 Å². The molecule has 164 valence electrons. The molecule has 0 saturated heterocycles. The summed E-state index contributed by atoms with van der Waals surface area (Å²) in [5.74, 6) is 0. The molecule has 2 aromatic heterocycles. The van der Waals surface area contributed by atoms with Gasteiger partial charge in [0.1, 0.15) is 0 Å². The van der Waals surface area contributed by atoms with Gasteiger partial charge in [0.2, 0.25) is 0 Å². The lowest BCUT2D eigenvalue weighted by molar-refractivity contribution is -0.697. The fraction of sp³-hybridized carbons (Fsp3) is 0.429. The van der Waals surface area contributed by atoms with E-state index in [1.165, 1.54) is 27.8 Å². The number of aliphatic hydroxyl groups is 1. The number of aromatic nitrogens is 2. The van der Waals surface area contributed by atoms with E-state index >= 15 is 0 Å².